The van der Waals surface area contributed by atoms with Gasteiger partial charge in [0.15, 0.2) is 16.2 Å². The molecular formula is C34H69NO6PS4+. The number of ether oxygens (including phenoxy) is 2. The normalized spacial score (nSPS) is 13.8. The molecule has 0 bridgehead atoms. The van der Waals surface area contributed by atoms with E-state index in [4.69, 9.17) is 43.0 Å². The topological polar surface area (TPSA) is 74.2 Å². The monoisotopic (exact) mass is 746 g/mol. The van der Waals surface area contributed by atoms with E-state index in [2.05, 4.69) is 13.8 Å². The van der Waals surface area contributed by atoms with E-state index in [1.54, 1.807) is 0 Å². The first-order valence-electron chi connectivity index (χ1n) is 17.9. The quantitative estimate of drug-likeness (QED) is 0.0298. The van der Waals surface area contributed by atoms with Crippen LogP contribution in [0.5, 0.6) is 0 Å². The van der Waals surface area contributed by atoms with E-state index in [1.807, 2.05) is 44.7 Å². The third-order valence-electron chi connectivity index (χ3n) is 7.42. The lowest BCUT2D eigenvalue weighted by molar-refractivity contribution is -0.870. The van der Waals surface area contributed by atoms with E-state index in [9.17, 15) is 9.46 Å². The van der Waals surface area contributed by atoms with Crippen molar-refractivity contribution < 1.29 is 32.5 Å². The van der Waals surface area contributed by atoms with Crippen molar-refractivity contribution in [3.63, 3.8) is 0 Å². The van der Waals surface area contributed by atoms with Crippen molar-refractivity contribution >= 4 is 65.9 Å². The molecule has 0 aliphatic heterocycles. The van der Waals surface area contributed by atoms with Gasteiger partial charge in [-0.2, -0.15) is 23.5 Å². The molecule has 0 saturated carbocycles. The summed E-state index contributed by atoms with van der Waals surface area (Å²) in [5, 5.41) is 1.00. The van der Waals surface area contributed by atoms with Gasteiger partial charge in [0.1, 0.15) is 19.8 Å². The Kier molecular flexibility index (Phi) is 31.9. The summed E-state index contributed by atoms with van der Waals surface area (Å²) in [7, 11) is 1.73. The van der Waals surface area contributed by atoms with Crippen LogP contribution in [0.25, 0.3) is 0 Å². The summed E-state index contributed by atoms with van der Waals surface area (Å²) in [5.74, 6) is 5.01. The number of hydrogen-bond acceptors (Lipinski definition) is 9. The minimum absolute atomic E-state index is 0.109. The van der Waals surface area contributed by atoms with Gasteiger partial charge in [0.05, 0.1) is 27.7 Å². The summed E-state index contributed by atoms with van der Waals surface area (Å²) in [6.07, 6.45) is 20.5. The van der Waals surface area contributed by atoms with Gasteiger partial charge in [0, 0.05) is 12.8 Å². The van der Waals surface area contributed by atoms with Gasteiger partial charge in [0.2, 0.25) is 0 Å². The number of thiocarbonyl (C=S) groups is 2. The largest absolute Gasteiger partial charge is 0.483 e. The smallest absolute Gasteiger partial charge is 0.472 e. The minimum atomic E-state index is -4.24. The van der Waals surface area contributed by atoms with Crippen LogP contribution in [0.1, 0.15) is 129 Å². The summed E-state index contributed by atoms with van der Waals surface area (Å²) in [6.45, 7) is 5.07. The number of unbranched alkanes of at least 4 members (excludes halogenated alkanes) is 14. The maximum absolute atomic E-state index is 12.5. The Labute approximate surface area is 303 Å². The number of thioether (sulfide) groups is 2. The Bertz CT molecular complexity index is 787. The predicted octanol–water partition coefficient (Wildman–Crippen LogP) is 10.4. The highest BCUT2D eigenvalue weighted by Crippen LogP contribution is 2.43. The van der Waals surface area contributed by atoms with Gasteiger partial charge < -0.3 is 18.9 Å². The molecule has 0 aromatic heterocycles. The molecule has 0 fully saturated rings. The maximum atomic E-state index is 12.5. The van der Waals surface area contributed by atoms with E-state index < -0.39 is 13.9 Å². The summed E-state index contributed by atoms with van der Waals surface area (Å²) >= 11 is 15.1. The Morgan fingerprint density at radius 2 is 1.11 bits per heavy atom. The molecule has 46 heavy (non-hydrogen) atoms. The summed E-state index contributed by atoms with van der Waals surface area (Å²) in [6, 6.07) is 0. The van der Waals surface area contributed by atoms with Gasteiger partial charge >= 0.3 is 7.82 Å². The maximum Gasteiger partial charge on any atom is 0.472 e. The molecule has 0 aliphatic rings. The van der Waals surface area contributed by atoms with Crippen LogP contribution in [0.2, 0.25) is 0 Å². The zero-order valence-corrected chi connectivity index (χ0v) is 34.1. The van der Waals surface area contributed by atoms with E-state index in [-0.39, 0.29) is 19.8 Å². The highest BCUT2D eigenvalue weighted by Gasteiger charge is 2.26. The first-order valence-corrected chi connectivity index (χ1v) is 22.5. The zero-order valence-electron chi connectivity index (χ0n) is 30.0. The number of hydrogen-bond donors (Lipinski definition) is 1. The molecule has 2 atom stereocenters. The molecule has 0 heterocycles. The van der Waals surface area contributed by atoms with Crippen LogP contribution in [0, 0.1) is 0 Å². The van der Waals surface area contributed by atoms with E-state index in [1.165, 1.54) is 100 Å². The molecule has 274 valence electrons. The second-order valence-electron chi connectivity index (χ2n) is 13.0. The summed E-state index contributed by atoms with van der Waals surface area (Å²) in [5.41, 5.74) is 0. The minimum Gasteiger partial charge on any atom is -0.483 e. The number of nitrogens with zero attached hydrogens (tertiary/aromatic N) is 1. The van der Waals surface area contributed by atoms with Crippen LogP contribution in [-0.4, -0.2) is 96.1 Å². The average Bonchev–Trinajstić information content (AvgIpc) is 2.99. The van der Waals surface area contributed by atoms with Crippen LogP contribution < -0.4 is 0 Å². The lowest BCUT2D eigenvalue weighted by Crippen LogP contribution is -2.37. The van der Waals surface area contributed by atoms with Gasteiger partial charge in [0.25, 0.3) is 0 Å². The molecule has 0 amide bonds. The lowest BCUT2D eigenvalue weighted by atomic mass is 10.1. The molecule has 7 nitrogen and oxygen atoms in total. The van der Waals surface area contributed by atoms with E-state index in [0.717, 1.165) is 25.7 Å². The van der Waals surface area contributed by atoms with Crippen molar-refractivity contribution in [1.82, 2.24) is 0 Å². The first-order chi connectivity index (χ1) is 22.0. The second-order valence-corrected chi connectivity index (χ2v) is 18.1. The molecule has 0 aliphatic carbocycles. The Balaban J connectivity index is 4.44. The highest BCUT2D eigenvalue weighted by molar-refractivity contribution is 7.99. The molecule has 0 rings (SSSR count). The highest BCUT2D eigenvalue weighted by atomic mass is 32.2. The van der Waals surface area contributed by atoms with Crippen LogP contribution in [-0.2, 0) is 23.1 Å². The number of likely N-dealkylation sites (N-methyl/N-ethyl adjacent to an activating group) is 1. The third kappa shape index (κ3) is 34.4. The van der Waals surface area contributed by atoms with Gasteiger partial charge in [-0.15, -0.1) is 0 Å². The third-order valence-corrected chi connectivity index (χ3v) is 11.0. The van der Waals surface area contributed by atoms with E-state index >= 15 is 0 Å². The molecule has 1 unspecified atom stereocenters. The van der Waals surface area contributed by atoms with Crippen molar-refractivity contribution in [2.45, 2.75) is 136 Å². The molecule has 0 aromatic rings. The number of phosphoric acid groups is 1. The molecule has 0 spiro atoms. The Morgan fingerprint density at radius 1 is 0.674 bits per heavy atom. The molecule has 0 saturated heterocycles. The van der Waals surface area contributed by atoms with Crippen LogP contribution in [0.4, 0.5) is 0 Å². The zero-order chi connectivity index (χ0) is 34.4. The second kappa shape index (κ2) is 31.5. The standard InChI is InChI=1S/C34H68NO6PS4/c1-6-45-28-22-18-14-10-8-12-16-20-24-33(43)38-30-32(31-40-42(36,37)39-27-26-35(3,4)5)41-34(44)25-21-17-13-9-11-15-19-23-29-46-7-2/h32H,6-31H2,1-5H3/p+1/t32-/m1/s1. The first kappa shape index (κ1) is 46.5. The summed E-state index contributed by atoms with van der Waals surface area (Å²) < 4.78 is 35.4. The van der Waals surface area contributed by atoms with Crippen molar-refractivity contribution in [3.05, 3.63) is 0 Å². The van der Waals surface area contributed by atoms with Crippen molar-refractivity contribution in [2.75, 3.05) is 70.5 Å². The number of quaternary nitrogens is 1. The van der Waals surface area contributed by atoms with Gasteiger partial charge in [-0.3, -0.25) is 9.05 Å². The Morgan fingerprint density at radius 3 is 1.57 bits per heavy atom. The average molecular weight is 747 g/mol. The van der Waals surface area contributed by atoms with Crippen LogP contribution in [0.15, 0.2) is 0 Å². The molecule has 1 N–H and O–H groups in total. The fourth-order valence-electron chi connectivity index (χ4n) is 4.62. The van der Waals surface area contributed by atoms with Gasteiger partial charge in [-0.25, -0.2) is 4.57 Å². The summed E-state index contributed by atoms with van der Waals surface area (Å²) in [4.78, 5) is 10.2. The number of rotatable bonds is 34. The van der Waals surface area contributed by atoms with Crippen molar-refractivity contribution in [3.8, 4) is 0 Å². The van der Waals surface area contributed by atoms with Crippen LogP contribution >= 0.6 is 55.8 Å². The van der Waals surface area contributed by atoms with E-state index in [0.29, 0.717) is 34.0 Å². The van der Waals surface area contributed by atoms with Gasteiger partial charge in [-0.1, -0.05) is 90.9 Å². The van der Waals surface area contributed by atoms with Crippen molar-refractivity contribution in [2.24, 2.45) is 0 Å². The fraction of sp³-hybridized carbons (Fsp3) is 0.941. The van der Waals surface area contributed by atoms with Crippen molar-refractivity contribution in [1.29, 1.82) is 0 Å². The van der Waals surface area contributed by atoms with Gasteiger partial charge in [-0.05, 0) is 73.1 Å². The lowest BCUT2D eigenvalue weighted by Gasteiger charge is -2.24. The predicted molar refractivity (Wildman–Crippen MR) is 210 cm³/mol. The fourth-order valence-corrected chi connectivity index (χ4v) is 7.25. The number of phosphoric ester groups is 1. The van der Waals surface area contributed by atoms with Crippen LogP contribution in [0.3, 0.4) is 0 Å². The molecule has 0 aromatic carbocycles. The Hall–Kier alpha value is 0.550. The molecular weight excluding hydrogens is 678 g/mol. The molecule has 0 radical (unpaired) electrons. The molecule has 12 heteroatoms. The SMILES string of the molecule is CCSCCCCCCCCCCC(=S)OC[C@H](COP(=O)(O)OCC[N+](C)(C)C)OC(=S)CCCCCCCCCCSCC.